The van der Waals surface area contributed by atoms with E-state index in [4.69, 9.17) is 0 Å². The maximum Gasteiger partial charge on any atom is 0.416 e. The van der Waals surface area contributed by atoms with Crippen molar-refractivity contribution < 1.29 is 23.1 Å². The minimum absolute atomic E-state index is 0.00160. The number of aromatic nitrogens is 1. The Bertz CT molecular complexity index is 1060. The molecule has 2 aromatic rings. The average Bonchev–Trinajstić information content (AvgIpc) is 3.08. The molecule has 1 aliphatic rings. The van der Waals surface area contributed by atoms with E-state index in [0.717, 1.165) is 53.9 Å². The van der Waals surface area contributed by atoms with Crippen molar-refractivity contribution in [2.24, 2.45) is 5.92 Å². The van der Waals surface area contributed by atoms with Crippen molar-refractivity contribution in [3.05, 3.63) is 57.9 Å². The Balaban J connectivity index is 2.27. The molecule has 0 bridgehead atoms. The van der Waals surface area contributed by atoms with Crippen molar-refractivity contribution >= 4 is 5.97 Å². The minimum Gasteiger partial charge on any atom is -0.481 e. The van der Waals surface area contributed by atoms with Gasteiger partial charge in [0.1, 0.15) is 6.07 Å². The number of aliphatic carboxylic acids is 1. The Kier molecular flexibility index (Phi) is 7.80. The number of hydrogen-bond acceptors (Lipinski definition) is 2. The van der Waals surface area contributed by atoms with Crippen LogP contribution in [0, 0.1) is 17.2 Å². The van der Waals surface area contributed by atoms with Gasteiger partial charge in [0, 0.05) is 17.3 Å². The number of halogens is 3. The molecular formula is C27H33F3N2O2. The van der Waals surface area contributed by atoms with Crippen LogP contribution in [0.4, 0.5) is 13.2 Å². The Labute approximate surface area is 199 Å². The van der Waals surface area contributed by atoms with Crippen molar-refractivity contribution in [2.75, 3.05) is 0 Å². The van der Waals surface area contributed by atoms with Gasteiger partial charge in [0.2, 0.25) is 0 Å². The third-order valence-electron chi connectivity index (χ3n) is 6.78. The van der Waals surface area contributed by atoms with E-state index in [0.29, 0.717) is 24.3 Å². The van der Waals surface area contributed by atoms with Crippen molar-refractivity contribution in [3.63, 3.8) is 0 Å². The van der Waals surface area contributed by atoms with Crippen LogP contribution in [0.2, 0.25) is 0 Å². The fraction of sp³-hybridized carbons (Fsp3) is 0.556. The summed E-state index contributed by atoms with van der Waals surface area (Å²) in [5.74, 6) is -0.724. The molecule has 0 aliphatic heterocycles. The van der Waals surface area contributed by atoms with Gasteiger partial charge in [-0.25, -0.2) is 0 Å². The van der Waals surface area contributed by atoms with Crippen LogP contribution >= 0.6 is 0 Å². The molecule has 4 nitrogen and oxygen atoms in total. The lowest BCUT2D eigenvalue weighted by molar-refractivity contribution is -0.138. The molecule has 184 valence electrons. The van der Waals surface area contributed by atoms with Crippen LogP contribution in [-0.4, -0.2) is 15.6 Å². The van der Waals surface area contributed by atoms with Gasteiger partial charge in [0.05, 0.1) is 23.6 Å². The SMILES string of the molecule is CC(C)CCC(c1ccc(C(F)(F)F)cc1)n1c(C(C)C)c(C#N)c2c1C(CC(=O)O)CCC2. The van der Waals surface area contributed by atoms with E-state index in [2.05, 4.69) is 24.5 Å². The molecule has 2 atom stereocenters. The van der Waals surface area contributed by atoms with Crippen LogP contribution in [0.15, 0.2) is 24.3 Å². The first-order chi connectivity index (χ1) is 16.0. The number of carbonyl (C=O) groups is 1. The number of alkyl halides is 3. The second-order valence-electron chi connectivity index (χ2n) is 10.1. The van der Waals surface area contributed by atoms with Gasteiger partial charge in [-0.3, -0.25) is 4.79 Å². The van der Waals surface area contributed by atoms with E-state index < -0.39 is 17.7 Å². The van der Waals surface area contributed by atoms with Gasteiger partial charge in [-0.1, -0.05) is 39.8 Å². The summed E-state index contributed by atoms with van der Waals surface area (Å²) >= 11 is 0. The number of nitriles is 1. The first kappa shape index (κ1) is 25.9. The van der Waals surface area contributed by atoms with Gasteiger partial charge in [-0.2, -0.15) is 18.4 Å². The molecule has 0 saturated carbocycles. The highest BCUT2D eigenvalue weighted by molar-refractivity contribution is 5.68. The zero-order valence-corrected chi connectivity index (χ0v) is 20.2. The second-order valence-corrected chi connectivity index (χ2v) is 10.1. The molecule has 0 radical (unpaired) electrons. The summed E-state index contributed by atoms with van der Waals surface area (Å²) in [5.41, 5.74) is 3.34. The highest BCUT2D eigenvalue weighted by atomic mass is 19.4. The molecule has 0 spiro atoms. The summed E-state index contributed by atoms with van der Waals surface area (Å²) in [6, 6.07) is 7.41. The third-order valence-corrected chi connectivity index (χ3v) is 6.78. The maximum absolute atomic E-state index is 13.2. The monoisotopic (exact) mass is 474 g/mol. The molecule has 0 amide bonds. The van der Waals surface area contributed by atoms with Gasteiger partial charge < -0.3 is 9.67 Å². The van der Waals surface area contributed by atoms with Gasteiger partial charge in [-0.15, -0.1) is 0 Å². The standard InChI is InChI=1S/C27H33F3N2O2/c1-16(2)8-13-23(18-9-11-20(12-10-18)27(28,29)30)32-25(17(3)4)22(15-31)21-7-5-6-19(26(21)32)14-24(33)34/h9-12,16-17,19,23H,5-8,13-14H2,1-4H3,(H,33,34). The molecule has 1 aromatic carbocycles. The Hall–Kier alpha value is -2.75. The summed E-state index contributed by atoms with van der Waals surface area (Å²) in [6.45, 7) is 8.23. The van der Waals surface area contributed by atoms with Crippen molar-refractivity contribution in [2.45, 2.75) is 90.3 Å². The van der Waals surface area contributed by atoms with Gasteiger partial charge in [0.15, 0.2) is 0 Å². The predicted molar refractivity (Wildman–Crippen MR) is 125 cm³/mol. The molecule has 1 N–H and O–H groups in total. The average molecular weight is 475 g/mol. The molecule has 34 heavy (non-hydrogen) atoms. The lowest BCUT2D eigenvalue weighted by atomic mass is 9.83. The topological polar surface area (TPSA) is 66.0 Å². The fourth-order valence-corrected chi connectivity index (χ4v) is 5.30. The molecular weight excluding hydrogens is 441 g/mol. The summed E-state index contributed by atoms with van der Waals surface area (Å²) < 4.78 is 41.8. The van der Waals surface area contributed by atoms with E-state index in [9.17, 15) is 28.3 Å². The number of carboxylic acid groups (broad SMARTS) is 1. The number of hydrogen-bond donors (Lipinski definition) is 1. The summed E-state index contributed by atoms with van der Waals surface area (Å²) in [7, 11) is 0. The first-order valence-electron chi connectivity index (χ1n) is 12.0. The highest BCUT2D eigenvalue weighted by Gasteiger charge is 2.36. The van der Waals surface area contributed by atoms with Crippen molar-refractivity contribution in [3.8, 4) is 6.07 Å². The summed E-state index contributed by atoms with van der Waals surface area (Å²) in [6.07, 6.45) is -0.652. The van der Waals surface area contributed by atoms with Gasteiger partial charge in [0.25, 0.3) is 0 Å². The number of fused-ring (bicyclic) bond motifs is 1. The highest BCUT2D eigenvalue weighted by Crippen LogP contribution is 2.45. The number of carboxylic acids is 1. The molecule has 1 heterocycles. The Morgan fingerprint density at radius 1 is 1.18 bits per heavy atom. The summed E-state index contributed by atoms with van der Waals surface area (Å²) in [5, 5.41) is 19.7. The zero-order valence-electron chi connectivity index (χ0n) is 20.2. The van der Waals surface area contributed by atoms with Crippen LogP contribution in [0.5, 0.6) is 0 Å². The molecule has 1 aliphatic carbocycles. The second kappa shape index (κ2) is 10.2. The molecule has 7 heteroatoms. The van der Waals surface area contributed by atoms with Gasteiger partial charge in [-0.05, 0) is 67.2 Å². The Morgan fingerprint density at radius 3 is 2.32 bits per heavy atom. The van der Waals surface area contributed by atoms with E-state index >= 15 is 0 Å². The number of nitrogens with zero attached hydrogens (tertiary/aromatic N) is 2. The third kappa shape index (κ3) is 5.32. The molecule has 1 aromatic heterocycles. The predicted octanol–water partition coefficient (Wildman–Crippen LogP) is 7.42. The van der Waals surface area contributed by atoms with Crippen LogP contribution in [0.3, 0.4) is 0 Å². The van der Waals surface area contributed by atoms with Crippen LogP contribution in [0.25, 0.3) is 0 Å². The lowest BCUT2D eigenvalue weighted by Gasteiger charge is -2.31. The molecule has 3 rings (SSSR count). The van der Waals surface area contributed by atoms with E-state index in [1.54, 1.807) is 0 Å². The molecule has 0 fully saturated rings. The van der Waals surface area contributed by atoms with E-state index in [1.807, 2.05) is 13.8 Å². The fourth-order valence-electron chi connectivity index (χ4n) is 5.30. The molecule has 2 unspecified atom stereocenters. The largest absolute Gasteiger partial charge is 0.481 e. The number of rotatable bonds is 8. The van der Waals surface area contributed by atoms with Crippen molar-refractivity contribution in [1.82, 2.24) is 4.57 Å². The maximum atomic E-state index is 13.2. The number of benzene rings is 1. The quantitative estimate of drug-likeness (QED) is 0.433. The van der Waals surface area contributed by atoms with Crippen LogP contribution < -0.4 is 0 Å². The normalized spacial score (nSPS) is 17.0. The smallest absolute Gasteiger partial charge is 0.416 e. The minimum atomic E-state index is -4.41. The lowest BCUT2D eigenvalue weighted by Crippen LogP contribution is -2.23. The van der Waals surface area contributed by atoms with Crippen LogP contribution in [-0.2, 0) is 17.4 Å². The van der Waals surface area contributed by atoms with E-state index in [-0.39, 0.29) is 24.3 Å². The summed E-state index contributed by atoms with van der Waals surface area (Å²) in [4.78, 5) is 11.7. The van der Waals surface area contributed by atoms with E-state index in [1.165, 1.54) is 12.1 Å². The zero-order chi connectivity index (χ0) is 25.2. The Morgan fingerprint density at radius 2 is 1.82 bits per heavy atom. The first-order valence-corrected chi connectivity index (χ1v) is 12.0. The molecule has 0 saturated heterocycles. The van der Waals surface area contributed by atoms with Crippen LogP contribution in [0.1, 0.15) is 111 Å². The van der Waals surface area contributed by atoms with Gasteiger partial charge >= 0.3 is 12.1 Å². The van der Waals surface area contributed by atoms with Crippen molar-refractivity contribution in [1.29, 1.82) is 5.26 Å².